The van der Waals surface area contributed by atoms with Gasteiger partial charge in [-0.25, -0.2) is 0 Å². The molecule has 4 nitrogen and oxygen atoms in total. The molecule has 0 spiro atoms. The topological polar surface area (TPSA) is 41.6 Å². The zero-order valence-corrected chi connectivity index (χ0v) is 11.2. The standard InChI is InChI=1S/C14H15F3N2O2/c15-14(16,17)21-12-4-2-1-3-11(12)5-6-13(20)19-9-7-18-8-10-19/h1-6,18H,7-10H2/b6-5+. The van der Waals surface area contributed by atoms with Crippen LogP contribution in [0.2, 0.25) is 0 Å². The second kappa shape index (κ2) is 6.62. The molecular formula is C14H15F3N2O2. The van der Waals surface area contributed by atoms with E-state index >= 15 is 0 Å². The number of rotatable bonds is 3. The monoisotopic (exact) mass is 300 g/mol. The molecule has 0 radical (unpaired) electrons. The Balaban J connectivity index is 2.08. The Labute approximate surface area is 120 Å². The van der Waals surface area contributed by atoms with Crippen LogP contribution in [0.15, 0.2) is 30.3 Å². The molecule has 1 fully saturated rings. The average molecular weight is 300 g/mol. The van der Waals surface area contributed by atoms with Gasteiger partial charge in [0.1, 0.15) is 5.75 Å². The van der Waals surface area contributed by atoms with Crippen LogP contribution in [0.25, 0.3) is 6.08 Å². The third-order valence-electron chi connectivity index (χ3n) is 2.98. The molecule has 1 N–H and O–H groups in total. The summed E-state index contributed by atoms with van der Waals surface area (Å²) in [4.78, 5) is 13.6. The van der Waals surface area contributed by atoms with Crippen molar-refractivity contribution >= 4 is 12.0 Å². The van der Waals surface area contributed by atoms with Crippen LogP contribution in [0, 0.1) is 0 Å². The zero-order chi connectivity index (χ0) is 15.3. The summed E-state index contributed by atoms with van der Waals surface area (Å²) >= 11 is 0. The van der Waals surface area contributed by atoms with Crippen molar-refractivity contribution in [1.29, 1.82) is 0 Å². The average Bonchev–Trinajstić information content (AvgIpc) is 2.45. The Morgan fingerprint density at radius 1 is 1.24 bits per heavy atom. The molecule has 21 heavy (non-hydrogen) atoms. The van der Waals surface area contributed by atoms with Gasteiger partial charge in [-0.2, -0.15) is 0 Å². The third kappa shape index (κ3) is 4.78. The summed E-state index contributed by atoms with van der Waals surface area (Å²) in [7, 11) is 0. The molecule has 1 aromatic rings. The van der Waals surface area contributed by atoms with Gasteiger partial charge in [0.25, 0.3) is 0 Å². The number of nitrogens with one attached hydrogen (secondary N) is 1. The molecule has 1 aliphatic rings. The fourth-order valence-corrected chi connectivity index (χ4v) is 1.99. The summed E-state index contributed by atoms with van der Waals surface area (Å²) < 4.78 is 40.8. The number of benzene rings is 1. The number of halogens is 3. The number of amides is 1. The molecule has 0 bridgehead atoms. The minimum Gasteiger partial charge on any atom is -0.405 e. The van der Waals surface area contributed by atoms with Crippen molar-refractivity contribution in [2.24, 2.45) is 0 Å². The normalized spacial score (nSPS) is 16.2. The van der Waals surface area contributed by atoms with Crippen LogP contribution in [0.5, 0.6) is 5.75 Å². The molecule has 0 aromatic heterocycles. The minimum atomic E-state index is -4.76. The van der Waals surface area contributed by atoms with Crippen molar-refractivity contribution in [1.82, 2.24) is 10.2 Å². The second-order valence-corrected chi connectivity index (χ2v) is 4.49. The Morgan fingerprint density at radius 2 is 1.90 bits per heavy atom. The van der Waals surface area contributed by atoms with Crippen LogP contribution in [0.3, 0.4) is 0 Å². The van der Waals surface area contributed by atoms with Gasteiger partial charge in [0.05, 0.1) is 0 Å². The number of nitrogens with zero attached hydrogens (tertiary/aromatic N) is 1. The fraction of sp³-hybridized carbons (Fsp3) is 0.357. The quantitative estimate of drug-likeness (QED) is 0.869. The molecule has 1 saturated heterocycles. The van der Waals surface area contributed by atoms with Gasteiger partial charge in [-0.1, -0.05) is 18.2 Å². The summed E-state index contributed by atoms with van der Waals surface area (Å²) in [5.74, 6) is -0.548. The summed E-state index contributed by atoms with van der Waals surface area (Å²) in [5.41, 5.74) is 0.207. The van der Waals surface area contributed by atoms with E-state index in [0.29, 0.717) is 26.2 Å². The number of carbonyl (C=O) groups excluding carboxylic acids is 1. The maximum Gasteiger partial charge on any atom is 0.573 e. The van der Waals surface area contributed by atoms with Gasteiger partial charge >= 0.3 is 6.36 Å². The molecule has 1 heterocycles. The first-order valence-electron chi connectivity index (χ1n) is 6.48. The summed E-state index contributed by atoms with van der Waals surface area (Å²) in [6.07, 6.45) is -2.15. The van der Waals surface area contributed by atoms with Gasteiger partial charge in [-0.05, 0) is 12.1 Å². The SMILES string of the molecule is O=C(/C=C/c1ccccc1OC(F)(F)F)N1CCNCC1. The van der Waals surface area contributed by atoms with Gasteiger partial charge < -0.3 is 15.0 Å². The Kier molecular flexibility index (Phi) is 4.85. The maximum atomic E-state index is 12.3. The van der Waals surface area contributed by atoms with Crippen molar-refractivity contribution in [2.75, 3.05) is 26.2 Å². The van der Waals surface area contributed by atoms with Crippen molar-refractivity contribution in [3.8, 4) is 5.75 Å². The van der Waals surface area contributed by atoms with Crippen LogP contribution in [0.4, 0.5) is 13.2 Å². The maximum absolute atomic E-state index is 12.3. The fourth-order valence-electron chi connectivity index (χ4n) is 1.99. The first-order chi connectivity index (χ1) is 9.96. The number of alkyl halides is 3. The molecule has 0 unspecified atom stereocenters. The first kappa shape index (κ1) is 15.4. The van der Waals surface area contributed by atoms with Crippen molar-refractivity contribution in [2.45, 2.75) is 6.36 Å². The van der Waals surface area contributed by atoms with Gasteiger partial charge in [0, 0.05) is 37.8 Å². The molecule has 0 atom stereocenters. The third-order valence-corrected chi connectivity index (χ3v) is 2.98. The van der Waals surface area contributed by atoms with E-state index in [1.54, 1.807) is 11.0 Å². The van der Waals surface area contributed by atoms with E-state index in [1.807, 2.05) is 0 Å². The number of hydrogen-bond acceptors (Lipinski definition) is 3. The Bertz CT molecular complexity index is 523. The number of hydrogen-bond donors (Lipinski definition) is 1. The van der Waals surface area contributed by atoms with Gasteiger partial charge in [0.15, 0.2) is 0 Å². The van der Waals surface area contributed by atoms with E-state index in [-0.39, 0.29) is 17.2 Å². The van der Waals surface area contributed by atoms with Crippen molar-refractivity contribution < 1.29 is 22.7 Å². The smallest absolute Gasteiger partial charge is 0.405 e. The summed E-state index contributed by atoms with van der Waals surface area (Å²) in [6, 6.07) is 5.69. The Morgan fingerprint density at radius 3 is 2.57 bits per heavy atom. The molecule has 1 amide bonds. The lowest BCUT2D eigenvalue weighted by molar-refractivity contribution is -0.274. The lowest BCUT2D eigenvalue weighted by Gasteiger charge is -2.26. The van der Waals surface area contributed by atoms with Crippen LogP contribution in [-0.2, 0) is 4.79 Å². The molecule has 0 aliphatic carbocycles. The molecule has 2 rings (SSSR count). The van der Waals surface area contributed by atoms with Crippen LogP contribution < -0.4 is 10.1 Å². The number of carbonyl (C=O) groups is 1. The predicted octanol–water partition coefficient (Wildman–Crippen LogP) is 2.03. The molecule has 0 saturated carbocycles. The first-order valence-corrected chi connectivity index (χ1v) is 6.48. The highest BCUT2D eigenvalue weighted by molar-refractivity contribution is 5.92. The minimum absolute atomic E-state index is 0.207. The molecule has 7 heteroatoms. The van der Waals surface area contributed by atoms with Crippen LogP contribution in [0.1, 0.15) is 5.56 Å². The number of piperazine rings is 1. The van der Waals surface area contributed by atoms with E-state index in [4.69, 9.17) is 0 Å². The second-order valence-electron chi connectivity index (χ2n) is 4.49. The highest BCUT2D eigenvalue weighted by Crippen LogP contribution is 2.27. The number of ether oxygens (including phenoxy) is 1. The lowest BCUT2D eigenvalue weighted by atomic mass is 10.2. The molecule has 1 aromatic carbocycles. The Hall–Kier alpha value is -2.02. The van der Waals surface area contributed by atoms with Crippen molar-refractivity contribution in [3.05, 3.63) is 35.9 Å². The predicted molar refractivity (Wildman–Crippen MR) is 71.6 cm³/mol. The van der Waals surface area contributed by atoms with Crippen LogP contribution >= 0.6 is 0 Å². The summed E-state index contributed by atoms with van der Waals surface area (Å²) in [6.45, 7) is 2.61. The molecular weight excluding hydrogens is 285 g/mol. The van der Waals surface area contributed by atoms with Gasteiger partial charge in [0.2, 0.25) is 5.91 Å². The van der Waals surface area contributed by atoms with E-state index in [2.05, 4.69) is 10.1 Å². The molecule has 114 valence electrons. The van der Waals surface area contributed by atoms with Gasteiger partial charge in [-0.15, -0.1) is 13.2 Å². The van der Waals surface area contributed by atoms with E-state index in [1.165, 1.54) is 30.4 Å². The van der Waals surface area contributed by atoms with Crippen LogP contribution in [-0.4, -0.2) is 43.3 Å². The zero-order valence-electron chi connectivity index (χ0n) is 11.2. The van der Waals surface area contributed by atoms with E-state index < -0.39 is 6.36 Å². The lowest BCUT2D eigenvalue weighted by Crippen LogP contribution is -2.45. The largest absolute Gasteiger partial charge is 0.573 e. The highest BCUT2D eigenvalue weighted by Gasteiger charge is 2.31. The highest BCUT2D eigenvalue weighted by atomic mass is 19.4. The van der Waals surface area contributed by atoms with E-state index in [0.717, 1.165) is 0 Å². The molecule has 1 aliphatic heterocycles. The summed E-state index contributed by atoms with van der Waals surface area (Å²) in [5, 5.41) is 3.12. The van der Waals surface area contributed by atoms with E-state index in [9.17, 15) is 18.0 Å². The van der Waals surface area contributed by atoms with Gasteiger partial charge in [-0.3, -0.25) is 4.79 Å². The van der Waals surface area contributed by atoms with Crippen molar-refractivity contribution in [3.63, 3.8) is 0 Å². The number of para-hydroxylation sites is 1.